The van der Waals surface area contributed by atoms with Gasteiger partial charge in [0, 0.05) is 37.2 Å². The van der Waals surface area contributed by atoms with Gasteiger partial charge in [-0.15, -0.1) is 0 Å². The first-order valence-corrected chi connectivity index (χ1v) is 28.2. The van der Waals surface area contributed by atoms with Gasteiger partial charge in [-0.25, -0.2) is 0 Å². The second-order valence-corrected chi connectivity index (χ2v) is 21.7. The molecule has 2 aliphatic rings. The van der Waals surface area contributed by atoms with E-state index in [1.54, 1.807) is 72.8 Å². The zero-order chi connectivity index (χ0) is 56.5. The van der Waals surface area contributed by atoms with Gasteiger partial charge >= 0.3 is 0 Å². The highest BCUT2D eigenvalue weighted by Gasteiger charge is 2.54. The Balaban J connectivity index is 1.10. The summed E-state index contributed by atoms with van der Waals surface area (Å²) in [5.41, 5.74) is 5.70. The Labute approximate surface area is 495 Å². The Morgan fingerprint density at radius 3 is 1.23 bits per heavy atom. The van der Waals surface area contributed by atoms with Crippen LogP contribution in [0.2, 0.25) is 25.1 Å². The molecule has 14 nitrogen and oxygen atoms in total. The minimum atomic E-state index is -1.31. The number of nitro benzene ring substituents is 1. The molecular weight excluding hydrogens is 1140 g/mol. The third-order valence-electron chi connectivity index (χ3n) is 13.6. The van der Waals surface area contributed by atoms with Crippen LogP contribution in [0.5, 0.6) is 0 Å². The summed E-state index contributed by atoms with van der Waals surface area (Å²) < 4.78 is 68.3. The molecule has 0 amide bonds. The molecular formula is C62H60Cl5NO13. The summed E-state index contributed by atoms with van der Waals surface area (Å²) in [5, 5.41) is 26.7. The van der Waals surface area contributed by atoms with E-state index in [0.29, 0.717) is 31.5 Å². The maximum Gasteiger partial charge on any atom is 0.269 e. The first-order chi connectivity index (χ1) is 39.4. The van der Waals surface area contributed by atoms with E-state index in [1.165, 1.54) is 12.1 Å². The summed E-state index contributed by atoms with van der Waals surface area (Å²) in [7, 11) is 0. The number of hydrogen-bond acceptors (Lipinski definition) is 13. The summed E-state index contributed by atoms with van der Waals surface area (Å²) in [6, 6.07) is 52.2. The minimum Gasteiger partial charge on any atom is -0.387 e. The van der Waals surface area contributed by atoms with Crippen molar-refractivity contribution < 1.29 is 57.4 Å². The largest absolute Gasteiger partial charge is 0.387 e. The average molecular weight is 1200 g/mol. The van der Waals surface area contributed by atoms with Crippen molar-refractivity contribution in [3.8, 4) is 0 Å². The third kappa shape index (κ3) is 18.0. The van der Waals surface area contributed by atoms with Crippen molar-refractivity contribution in [1.82, 2.24) is 0 Å². The van der Waals surface area contributed by atoms with Crippen molar-refractivity contribution in [2.45, 2.75) is 107 Å². The van der Waals surface area contributed by atoms with E-state index in [4.69, 9.17) is 105 Å². The lowest BCUT2D eigenvalue weighted by Gasteiger charge is -2.49. The molecule has 81 heavy (non-hydrogen) atoms. The Hall–Kier alpha value is -5.05. The van der Waals surface area contributed by atoms with E-state index < -0.39 is 66.3 Å². The summed E-state index contributed by atoms with van der Waals surface area (Å²) >= 11 is 31.6. The highest BCUT2D eigenvalue weighted by Crippen LogP contribution is 2.37. The van der Waals surface area contributed by atoms with Crippen LogP contribution in [0.3, 0.4) is 0 Å². The first-order valence-electron chi connectivity index (χ1n) is 26.3. The maximum absolute atomic E-state index is 12.5. The van der Waals surface area contributed by atoms with Gasteiger partial charge in [-0.1, -0.05) is 161 Å². The summed E-state index contributed by atoms with van der Waals surface area (Å²) in [6.07, 6.45) is -10.7. The number of non-ortho nitro benzene ring substituents is 1. The third-order valence-corrected chi connectivity index (χ3v) is 14.9. The first kappa shape index (κ1) is 60.5. The average Bonchev–Trinajstić information content (AvgIpc) is 3.54. The van der Waals surface area contributed by atoms with E-state index in [0.717, 1.165) is 38.9 Å². The maximum atomic E-state index is 12.5. The standard InChI is InChI=1S/C62H60Cl5NO13/c63-47-18-6-42(7-19-47)33-73-39-54-56(58(76-35-44-10-22-49(65)23-11-44)60(78-37-46-14-26-51(67)27-15-46)61(80-54)74-31-30-40-16-28-52(29-17-40)68(70)71)81-62-59(77-36-45-12-24-50(66)25-13-45)57(75-34-43-8-20-48(64)21-9-43)55(69)53(79-62)38-72-32-41-4-2-1-3-5-41/h1-29,53-62,69H,30-39H2/t53-,54-,55+,56-,57+,58+,59-,60-,61+,62+/m1/s1. The van der Waals surface area contributed by atoms with Gasteiger partial charge in [-0.3, -0.25) is 10.1 Å². The Bertz CT molecular complexity index is 3000. The van der Waals surface area contributed by atoms with Crippen LogP contribution in [0, 0.1) is 10.1 Å². The minimum absolute atomic E-state index is 0.0290. The summed E-state index contributed by atoms with van der Waals surface area (Å²) in [6.45, 7) is 0.601. The smallest absolute Gasteiger partial charge is 0.269 e. The van der Waals surface area contributed by atoms with Crippen LogP contribution in [0.15, 0.2) is 176 Å². The van der Waals surface area contributed by atoms with Crippen molar-refractivity contribution in [2.24, 2.45) is 0 Å². The Morgan fingerprint density at radius 2 is 0.778 bits per heavy atom. The molecule has 0 radical (unpaired) electrons. The lowest BCUT2D eigenvalue weighted by molar-refractivity contribution is -0.384. The van der Waals surface area contributed by atoms with Crippen LogP contribution >= 0.6 is 58.0 Å². The molecule has 2 fully saturated rings. The highest BCUT2D eigenvalue weighted by atomic mass is 35.5. The van der Waals surface area contributed by atoms with Crippen molar-refractivity contribution >= 4 is 63.7 Å². The lowest BCUT2D eigenvalue weighted by atomic mass is 9.96. The highest BCUT2D eigenvalue weighted by molar-refractivity contribution is 6.31. The number of aliphatic hydroxyl groups excluding tert-OH is 1. The number of nitrogens with zero attached hydrogens (tertiary/aromatic N) is 1. The van der Waals surface area contributed by atoms with Gasteiger partial charge in [0.15, 0.2) is 12.6 Å². The number of hydrogen-bond donors (Lipinski definition) is 1. The predicted molar refractivity (Wildman–Crippen MR) is 308 cm³/mol. The number of aliphatic hydroxyl groups is 1. The van der Waals surface area contributed by atoms with Crippen LogP contribution in [-0.2, 0) is 93.4 Å². The molecule has 7 aromatic carbocycles. The molecule has 0 aromatic heterocycles. The molecule has 0 saturated carbocycles. The van der Waals surface area contributed by atoms with E-state index in [2.05, 4.69) is 0 Å². The molecule has 1 N–H and O–H groups in total. The lowest BCUT2D eigenvalue weighted by Crippen LogP contribution is -2.66. The fraction of sp³-hybridized carbons (Fsp3) is 0.323. The van der Waals surface area contributed by atoms with Crippen LogP contribution in [0.1, 0.15) is 38.9 Å². The second-order valence-electron chi connectivity index (χ2n) is 19.5. The zero-order valence-corrected chi connectivity index (χ0v) is 47.6. The van der Waals surface area contributed by atoms with Crippen molar-refractivity contribution in [2.75, 3.05) is 19.8 Å². The predicted octanol–water partition coefficient (Wildman–Crippen LogP) is 13.4. The molecule has 0 aliphatic carbocycles. The van der Waals surface area contributed by atoms with E-state index >= 15 is 0 Å². The molecule has 2 saturated heterocycles. The fourth-order valence-electron chi connectivity index (χ4n) is 9.25. The molecule has 2 heterocycles. The topological polar surface area (TPSA) is 156 Å². The van der Waals surface area contributed by atoms with E-state index in [9.17, 15) is 15.2 Å². The molecule has 19 heteroatoms. The fourth-order valence-corrected chi connectivity index (χ4v) is 9.88. The molecule has 0 bridgehead atoms. The van der Waals surface area contributed by atoms with Crippen molar-refractivity contribution in [3.05, 3.63) is 250 Å². The molecule has 426 valence electrons. The number of ether oxygens (including phenoxy) is 10. The normalized spacial score (nSPS) is 22.8. The Kier molecular flexibility index (Phi) is 22.8. The molecule has 7 aromatic rings. The second kappa shape index (κ2) is 30.5. The van der Waals surface area contributed by atoms with Gasteiger partial charge in [0.25, 0.3) is 5.69 Å². The molecule has 9 rings (SSSR count). The van der Waals surface area contributed by atoms with E-state index in [1.807, 2.05) is 91.0 Å². The molecule has 0 unspecified atom stereocenters. The SMILES string of the molecule is O=[N+]([O-])c1ccc(CCO[C@H]2O[C@H](COCc3ccc(Cl)cc3)[C@@H](O[C@@H]3O[C@H](COCc4ccccc4)[C@H](O)[C@H](OCc4ccc(Cl)cc4)[C@H]3OCc3ccc(Cl)cc3)[C@H](OCc3ccc(Cl)cc3)[C@H]2OCc2ccc(Cl)cc2)cc1. The van der Waals surface area contributed by atoms with Gasteiger partial charge in [-0.2, -0.15) is 0 Å². The number of benzene rings is 7. The zero-order valence-electron chi connectivity index (χ0n) is 43.8. The molecule has 10 atom stereocenters. The summed E-state index contributed by atoms with van der Waals surface area (Å²) in [4.78, 5) is 11.1. The van der Waals surface area contributed by atoms with Crippen molar-refractivity contribution in [1.29, 1.82) is 0 Å². The number of halogens is 5. The monoisotopic (exact) mass is 1200 g/mol. The van der Waals surface area contributed by atoms with Crippen molar-refractivity contribution in [3.63, 3.8) is 0 Å². The molecule has 2 aliphatic heterocycles. The number of rotatable bonds is 27. The van der Waals surface area contributed by atoms with Crippen LogP contribution < -0.4 is 0 Å². The van der Waals surface area contributed by atoms with Gasteiger partial charge < -0.3 is 52.5 Å². The van der Waals surface area contributed by atoms with Crippen LogP contribution in [0.25, 0.3) is 0 Å². The summed E-state index contributed by atoms with van der Waals surface area (Å²) in [5.74, 6) is 0. The van der Waals surface area contributed by atoms with Gasteiger partial charge in [-0.05, 0) is 106 Å². The van der Waals surface area contributed by atoms with Crippen LogP contribution in [0.4, 0.5) is 5.69 Å². The molecule has 0 spiro atoms. The van der Waals surface area contributed by atoms with Gasteiger partial charge in [0.2, 0.25) is 0 Å². The van der Waals surface area contributed by atoms with Gasteiger partial charge in [0.1, 0.15) is 48.8 Å². The van der Waals surface area contributed by atoms with Gasteiger partial charge in [0.05, 0.1) is 64.4 Å². The Morgan fingerprint density at radius 1 is 0.407 bits per heavy atom. The quantitative estimate of drug-likeness (QED) is 0.0384. The number of nitro groups is 1. The van der Waals surface area contributed by atoms with E-state index in [-0.39, 0.29) is 65.1 Å². The van der Waals surface area contributed by atoms with Crippen LogP contribution in [-0.4, -0.2) is 91.3 Å².